The number of piperidine rings is 1. The first-order valence-electron chi connectivity index (χ1n) is 8.74. The Labute approximate surface area is 170 Å². The number of amides is 1. The molecule has 1 aromatic carbocycles. The molecule has 1 fully saturated rings. The van der Waals surface area contributed by atoms with Crippen LogP contribution in [0.3, 0.4) is 0 Å². The van der Waals surface area contributed by atoms with E-state index in [1.807, 2.05) is 6.07 Å². The van der Waals surface area contributed by atoms with Crippen molar-refractivity contribution in [3.63, 3.8) is 0 Å². The summed E-state index contributed by atoms with van der Waals surface area (Å²) in [6.07, 6.45) is -0.957. The van der Waals surface area contributed by atoms with E-state index in [2.05, 4.69) is 9.98 Å². The van der Waals surface area contributed by atoms with Crippen molar-refractivity contribution in [1.29, 1.82) is 0 Å². The van der Waals surface area contributed by atoms with Gasteiger partial charge in [0.2, 0.25) is 0 Å². The number of hydrogen-bond acceptors (Lipinski definition) is 4. The summed E-state index contributed by atoms with van der Waals surface area (Å²) in [6.45, 7) is 0.402. The second-order valence-electron chi connectivity index (χ2n) is 6.45. The van der Waals surface area contributed by atoms with Crippen LogP contribution < -0.4 is 5.73 Å². The summed E-state index contributed by atoms with van der Waals surface area (Å²) in [7, 11) is 1.58. The van der Waals surface area contributed by atoms with Crippen LogP contribution in [0.15, 0.2) is 53.3 Å². The monoisotopic (exact) mass is 422 g/mol. The fraction of sp³-hybridized carbons (Fsp3) is 0.250. The maximum Gasteiger partial charge on any atom is 0.417 e. The van der Waals surface area contributed by atoms with Crippen LogP contribution in [0.1, 0.15) is 27.9 Å². The molecule has 1 amide bonds. The van der Waals surface area contributed by atoms with Crippen LogP contribution in [-0.2, 0) is 6.18 Å². The maximum atomic E-state index is 13.1. The molecule has 0 radical (unpaired) electrons. The van der Waals surface area contributed by atoms with Crippen LogP contribution in [0.2, 0.25) is 5.02 Å². The summed E-state index contributed by atoms with van der Waals surface area (Å²) in [5, 5.41) is -0.601. The molecule has 3 rings (SSSR count). The Morgan fingerprint density at radius 3 is 2.66 bits per heavy atom. The van der Waals surface area contributed by atoms with Gasteiger partial charge in [0.1, 0.15) is 0 Å². The third kappa shape index (κ3) is 4.27. The van der Waals surface area contributed by atoms with Gasteiger partial charge in [-0.1, -0.05) is 17.7 Å². The maximum absolute atomic E-state index is 13.1. The summed E-state index contributed by atoms with van der Waals surface area (Å²) >= 11 is 5.90. The topological polar surface area (TPSA) is 71.6 Å². The first-order chi connectivity index (χ1) is 13.7. The van der Waals surface area contributed by atoms with E-state index >= 15 is 0 Å². The molecule has 9 heteroatoms. The fourth-order valence-electron chi connectivity index (χ4n) is 3.20. The van der Waals surface area contributed by atoms with Crippen molar-refractivity contribution >= 4 is 28.9 Å². The van der Waals surface area contributed by atoms with Crippen molar-refractivity contribution in [2.75, 3.05) is 20.1 Å². The zero-order chi connectivity index (χ0) is 21.2. The van der Waals surface area contributed by atoms with Gasteiger partial charge in [0, 0.05) is 42.8 Å². The second kappa shape index (κ2) is 8.24. The molecule has 1 aliphatic heterocycles. The van der Waals surface area contributed by atoms with Crippen LogP contribution in [0.25, 0.3) is 5.70 Å². The molecule has 5 nitrogen and oxygen atoms in total. The predicted molar refractivity (Wildman–Crippen MR) is 106 cm³/mol. The number of aliphatic imine (C=N–C) groups is 1. The van der Waals surface area contributed by atoms with Gasteiger partial charge in [0.25, 0.3) is 5.91 Å². The van der Waals surface area contributed by atoms with E-state index < -0.39 is 22.7 Å². The van der Waals surface area contributed by atoms with Crippen molar-refractivity contribution in [2.24, 2.45) is 10.7 Å². The summed E-state index contributed by atoms with van der Waals surface area (Å²) in [4.78, 5) is 22.6. The Kier molecular flexibility index (Phi) is 5.93. The number of rotatable bonds is 2. The van der Waals surface area contributed by atoms with Crippen molar-refractivity contribution in [3.05, 3.63) is 70.0 Å². The Morgan fingerprint density at radius 2 is 2.03 bits per heavy atom. The first kappa shape index (κ1) is 20.9. The SMILES string of the molecule is CN=C1CN(C(=O)c2cccc(C(F)(F)F)c2Cl)CCC1=C(N)c1cccnc1. The van der Waals surface area contributed by atoms with Gasteiger partial charge in [0.15, 0.2) is 0 Å². The van der Waals surface area contributed by atoms with Gasteiger partial charge in [-0.15, -0.1) is 0 Å². The number of pyridine rings is 1. The van der Waals surface area contributed by atoms with Crippen LogP contribution in [0.4, 0.5) is 13.2 Å². The lowest BCUT2D eigenvalue weighted by atomic mass is 9.96. The summed E-state index contributed by atoms with van der Waals surface area (Å²) in [5.41, 5.74) is 7.68. The average molecular weight is 423 g/mol. The van der Waals surface area contributed by atoms with Crippen molar-refractivity contribution in [2.45, 2.75) is 12.6 Å². The lowest BCUT2D eigenvalue weighted by Crippen LogP contribution is -2.42. The molecule has 1 saturated heterocycles. The zero-order valence-electron chi connectivity index (χ0n) is 15.5. The van der Waals surface area contributed by atoms with E-state index in [0.29, 0.717) is 17.8 Å². The van der Waals surface area contributed by atoms with Gasteiger partial charge in [-0.05, 0) is 30.7 Å². The molecule has 1 aliphatic rings. The minimum absolute atomic E-state index is 0.123. The average Bonchev–Trinajstić information content (AvgIpc) is 2.72. The molecule has 0 spiro atoms. The smallest absolute Gasteiger partial charge is 0.398 e. The number of likely N-dealkylation sites (tertiary alicyclic amines) is 1. The number of aromatic nitrogens is 1. The molecular formula is C20H18ClF3N4O. The number of carbonyl (C=O) groups excluding carboxylic acids is 1. The number of benzene rings is 1. The third-order valence-corrected chi connectivity index (χ3v) is 5.12. The van der Waals surface area contributed by atoms with Gasteiger partial charge in [-0.25, -0.2) is 0 Å². The van der Waals surface area contributed by atoms with E-state index in [-0.39, 0.29) is 18.7 Å². The molecular weight excluding hydrogens is 405 g/mol. The lowest BCUT2D eigenvalue weighted by Gasteiger charge is -2.31. The summed E-state index contributed by atoms with van der Waals surface area (Å²) in [6, 6.07) is 6.90. The molecule has 0 unspecified atom stereocenters. The third-order valence-electron chi connectivity index (χ3n) is 4.71. The molecule has 0 bridgehead atoms. The van der Waals surface area contributed by atoms with E-state index in [1.54, 1.807) is 25.5 Å². The highest BCUT2D eigenvalue weighted by molar-refractivity contribution is 6.34. The highest BCUT2D eigenvalue weighted by Gasteiger charge is 2.36. The quantitative estimate of drug-likeness (QED) is 0.793. The van der Waals surface area contributed by atoms with Gasteiger partial charge < -0.3 is 10.6 Å². The van der Waals surface area contributed by atoms with Gasteiger partial charge in [-0.2, -0.15) is 13.2 Å². The normalized spacial score (nSPS) is 18.1. The molecule has 2 N–H and O–H groups in total. The lowest BCUT2D eigenvalue weighted by molar-refractivity contribution is -0.137. The fourth-order valence-corrected chi connectivity index (χ4v) is 3.51. The molecule has 1 aromatic heterocycles. The Morgan fingerprint density at radius 1 is 1.28 bits per heavy atom. The molecule has 152 valence electrons. The number of nitrogens with two attached hydrogens (primary N) is 1. The largest absolute Gasteiger partial charge is 0.417 e. The molecule has 2 heterocycles. The Hall–Kier alpha value is -2.87. The van der Waals surface area contributed by atoms with Gasteiger partial charge >= 0.3 is 6.18 Å². The van der Waals surface area contributed by atoms with Crippen molar-refractivity contribution < 1.29 is 18.0 Å². The van der Waals surface area contributed by atoms with Crippen molar-refractivity contribution in [1.82, 2.24) is 9.88 Å². The van der Waals surface area contributed by atoms with E-state index in [4.69, 9.17) is 17.3 Å². The number of halogens is 4. The number of alkyl halides is 3. The van der Waals surface area contributed by atoms with E-state index in [1.165, 1.54) is 17.0 Å². The number of hydrogen-bond donors (Lipinski definition) is 1. The predicted octanol–water partition coefficient (Wildman–Crippen LogP) is 4.04. The van der Waals surface area contributed by atoms with Crippen LogP contribution in [-0.4, -0.2) is 41.6 Å². The van der Waals surface area contributed by atoms with Gasteiger partial charge in [0.05, 0.1) is 28.4 Å². The Bertz CT molecular complexity index is 987. The van der Waals surface area contributed by atoms with Gasteiger partial charge in [-0.3, -0.25) is 14.8 Å². The zero-order valence-corrected chi connectivity index (χ0v) is 16.3. The van der Waals surface area contributed by atoms with Crippen molar-refractivity contribution in [3.8, 4) is 0 Å². The first-order valence-corrected chi connectivity index (χ1v) is 9.12. The molecule has 0 saturated carbocycles. The van der Waals surface area contributed by atoms with E-state index in [0.717, 1.165) is 17.2 Å². The minimum atomic E-state index is -4.64. The Balaban J connectivity index is 1.88. The molecule has 29 heavy (non-hydrogen) atoms. The van der Waals surface area contributed by atoms with E-state index in [9.17, 15) is 18.0 Å². The summed E-state index contributed by atoms with van der Waals surface area (Å²) in [5.74, 6) is -0.582. The molecule has 2 aromatic rings. The van der Waals surface area contributed by atoms with Crippen LogP contribution >= 0.6 is 11.6 Å². The highest BCUT2D eigenvalue weighted by atomic mass is 35.5. The summed E-state index contributed by atoms with van der Waals surface area (Å²) < 4.78 is 39.3. The van der Waals surface area contributed by atoms with Crippen LogP contribution in [0, 0.1) is 0 Å². The number of nitrogens with zero attached hydrogens (tertiary/aromatic N) is 3. The van der Waals surface area contributed by atoms with Crippen LogP contribution in [0.5, 0.6) is 0 Å². The number of carbonyl (C=O) groups is 1. The highest BCUT2D eigenvalue weighted by Crippen LogP contribution is 2.36. The second-order valence-corrected chi connectivity index (χ2v) is 6.82. The molecule has 0 atom stereocenters. The standard InChI is InChI=1S/C20H18ClF3N4O/c1-26-16-11-28(9-7-13(16)18(25)12-4-3-8-27-10-12)19(29)14-5-2-6-15(17(14)21)20(22,23)24/h2-6,8,10H,7,9,11,25H2,1H3. The molecule has 0 aliphatic carbocycles. The minimum Gasteiger partial charge on any atom is -0.398 e.